The average Bonchev–Trinajstić information content (AvgIpc) is 2.58. The normalized spacial score (nSPS) is 12.3. The van der Waals surface area contributed by atoms with Crippen molar-refractivity contribution in [2.75, 3.05) is 0 Å². The second-order valence-corrected chi connectivity index (χ2v) is 3.01. The SMILES string of the molecule is OCc1cnc2cccc(C(F)(F)F)n12. The zero-order valence-electron chi connectivity index (χ0n) is 7.49. The number of nitrogens with zero attached hydrogens (tertiary/aromatic N) is 2. The maximum atomic E-state index is 12.6. The quantitative estimate of drug-likeness (QED) is 0.789. The van der Waals surface area contributed by atoms with Gasteiger partial charge in [-0.15, -0.1) is 0 Å². The molecule has 1 N–H and O–H groups in total. The molecule has 2 rings (SSSR count). The van der Waals surface area contributed by atoms with Gasteiger partial charge in [-0.2, -0.15) is 13.2 Å². The second-order valence-electron chi connectivity index (χ2n) is 3.01. The molecule has 0 aliphatic carbocycles. The fourth-order valence-electron chi connectivity index (χ4n) is 1.43. The molecule has 0 amide bonds. The molecule has 6 heteroatoms. The lowest BCUT2D eigenvalue weighted by atomic mass is 10.3. The molecular weight excluding hydrogens is 209 g/mol. The largest absolute Gasteiger partial charge is 0.431 e. The van der Waals surface area contributed by atoms with Crippen molar-refractivity contribution in [2.24, 2.45) is 0 Å². The number of pyridine rings is 1. The molecule has 2 aromatic rings. The number of aromatic nitrogens is 2. The Bertz CT molecular complexity index is 490. The van der Waals surface area contributed by atoms with E-state index in [1.165, 1.54) is 18.3 Å². The van der Waals surface area contributed by atoms with Crippen LogP contribution in [0.25, 0.3) is 5.65 Å². The van der Waals surface area contributed by atoms with Crippen LogP contribution in [-0.4, -0.2) is 14.5 Å². The van der Waals surface area contributed by atoms with Crippen molar-refractivity contribution in [2.45, 2.75) is 12.8 Å². The smallest absolute Gasteiger partial charge is 0.390 e. The van der Waals surface area contributed by atoms with Crippen LogP contribution in [0.3, 0.4) is 0 Å². The van der Waals surface area contributed by atoms with Gasteiger partial charge in [-0.3, -0.25) is 4.40 Å². The topological polar surface area (TPSA) is 37.5 Å². The van der Waals surface area contributed by atoms with Gasteiger partial charge in [0, 0.05) is 0 Å². The second kappa shape index (κ2) is 3.23. The van der Waals surface area contributed by atoms with Gasteiger partial charge in [0.25, 0.3) is 0 Å². The molecule has 0 unspecified atom stereocenters. The highest BCUT2D eigenvalue weighted by Gasteiger charge is 2.33. The molecule has 0 saturated heterocycles. The summed E-state index contributed by atoms with van der Waals surface area (Å²) in [6, 6.07) is 3.69. The molecule has 0 radical (unpaired) electrons. The van der Waals surface area contributed by atoms with Gasteiger partial charge in [-0.25, -0.2) is 4.98 Å². The van der Waals surface area contributed by atoms with Crippen LogP contribution in [0.4, 0.5) is 13.2 Å². The first-order valence-electron chi connectivity index (χ1n) is 4.17. The summed E-state index contributed by atoms with van der Waals surface area (Å²) in [6.45, 7) is -0.478. The summed E-state index contributed by atoms with van der Waals surface area (Å²) in [6.07, 6.45) is -3.23. The number of hydrogen-bond acceptors (Lipinski definition) is 2. The van der Waals surface area contributed by atoms with Gasteiger partial charge in [-0.1, -0.05) is 6.07 Å². The number of aliphatic hydroxyl groups is 1. The van der Waals surface area contributed by atoms with Gasteiger partial charge >= 0.3 is 6.18 Å². The lowest BCUT2D eigenvalue weighted by Gasteiger charge is -2.10. The molecule has 0 aliphatic heterocycles. The first-order valence-corrected chi connectivity index (χ1v) is 4.17. The van der Waals surface area contributed by atoms with E-state index in [0.29, 0.717) is 0 Å². The van der Waals surface area contributed by atoms with E-state index in [4.69, 9.17) is 5.11 Å². The molecule has 2 aromatic heterocycles. The Kier molecular flexibility index (Phi) is 2.15. The molecule has 0 atom stereocenters. The van der Waals surface area contributed by atoms with E-state index < -0.39 is 18.5 Å². The molecular formula is C9H7F3N2O. The molecule has 80 valence electrons. The zero-order valence-corrected chi connectivity index (χ0v) is 7.49. The minimum absolute atomic E-state index is 0.123. The van der Waals surface area contributed by atoms with E-state index in [-0.39, 0.29) is 11.3 Å². The van der Waals surface area contributed by atoms with E-state index in [2.05, 4.69) is 4.98 Å². The van der Waals surface area contributed by atoms with Gasteiger partial charge in [-0.05, 0) is 12.1 Å². The fourth-order valence-corrected chi connectivity index (χ4v) is 1.43. The molecule has 0 aliphatic rings. The summed E-state index contributed by atoms with van der Waals surface area (Å²) in [5.74, 6) is 0. The number of imidazole rings is 1. The van der Waals surface area contributed by atoms with E-state index in [0.717, 1.165) is 10.5 Å². The molecule has 15 heavy (non-hydrogen) atoms. The third kappa shape index (κ3) is 1.56. The highest BCUT2D eigenvalue weighted by atomic mass is 19.4. The molecule has 2 heterocycles. The monoisotopic (exact) mass is 216 g/mol. The predicted octanol–water partition coefficient (Wildman–Crippen LogP) is 1.85. The van der Waals surface area contributed by atoms with Gasteiger partial charge < -0.3 is 5.11 Å². The molecule has 0 spiro atoms. The van der Waals surface area contributed by atoms with Crippen molar-refractivity contribution >= 4 is 5.65 Å². The van der Waals surface area contributed by atoms with Crippen LogP contribution in [0.2, 0.25) is 0 Å². The Labute approximate surface area is 82.8 Å². The number of rotatable bonds is 1. The first-order chi connectivity index (χ1) is 7.04. The molecule has 0 fully saturated rings. The van der Waals surface area contributed by atoms with Crippen LogP contribution in [0.15, 0.2) is 24.4 Å². The number of alkyl halides is 3. The number of aliphatic hydroxyl groups excluding tert-OH is 1. The van der Waals surface area contributed by atoms with Gasteiger partial charge in [0.1, 0.15) is 11.3 Å². The standard InChI is InChI=1S/C9H7F3N2O/c10-9(11,12)7-2-1-3-8-13-4-6(5-15)14(7)8/h1-4,15H,5H2. The Morgan fingerprint density at radius 3 is 2.67 bits per heavy atom. The van der Waals surface area contributed by atoms with Crippen molar-refractivity contribution in [1.82, 2.24) is 9.38 Å². The van der Waals surface area contributed by atoms with Crippen molar-refractivity contribution < 1.29 is 18.3 Å². The third-order valence-electron chi connectivity index (χ3n) is 2.05. The molecule has 0 saturated carbocycles. The van der Waals surface area contributed by atoms with E-state index >= 15 is 0 Å². The lowest BCUT2D eigenvalue weighted by Crippen LogP contribution is -2.12. The molecule has 3 nitrogen and oxygen atoms in total. The van der Waals surface area contributed by atoms with E-state index in [9.17, 15) is 13.2 Å². The van der Waals surface area contributed by atoms with Crippen molar-refractivity contribution in [3.8, 4) is 0 Å². The van der Waals surface area contributed by atoms with Crippen molar-refractivity contribution in [3.05, 3.63) is 35.8 Å². The molecule has 0 aromatic carbocycles. The highest BCUT2D eigenvalue weighted by Crippen LogP contribution is 2.30. The molecule has 0 bridgehead atoms. The van der Waals surface area contributed by atoms with Crippen molar-refractivity contribution in [1.29, 1.82) is 0 Å². The Balaban J connectivity index is 2.78. The minimum atomic E-state index is -4.45. The highest BCUT2D eigenvalue weighted by molar-refractivity contribution is 5.42. The lowest BCUT2D eigenvalue weighted by molar-refractivity contribution is -0.142. The minimum Gasteiger partial charge on any atom is -0.390 e. The van der Waals surface area contributed by atoms with Gasteiger partial charge in [0.2, 0.25) is 0 Å². The number of hydrogen-bond donors (Lipinski definition) is 1. The third-order valence-corrected chi connectivity index (χ3v) is 2.05. The summed E-state index contributed by atoms with van der Waals surface area (Å²) in [5.41, 5.74) is -0.534. The summed E-state index contributed by atoms with van der Waals surface area (Å²) in [7, 11) is 0. The Morgan fingerprint density at radius 1 is 1.33 bits per heavy atom. The zero-order chi connectivity index (χ0) is 11.1. The van der Waals surface area contributed by atoms with E-state index in [1.54, 1.807) is 0 Å². The summed E-state index contributed by atoms with van der Waals surface area (Å²) < 4.78 is 38.6. The Hall–Kier alpha value is -1.56. The Morgan fingerprint density at radius 2 is 2.07 bits per heavy atom. The summed E-state index contributed by atoms with van der Waals surface area (Å²) >= 11 is 0. The first kappa shape index (κ1) is 9.97. The van der Waals surface area contributed by atoms with Crippen LogP contribution in [0.5, 0.6) is 0 Å². The summed E-state index contributed by atoms with van der Waals surface area (Å²) in [4.78, 5) is 3.77. The van der Waals surface area contributed by atoms with Crippen LogP contribution in [-0.2, 0) is 12.8 Å². The van der Waals surface area contributed by atoms with E-state index in [1.807, 2.05) is 0 Å². The van der Waals surface area contributed by atoms with Crippen LogP contribution >= 0.6 is 0 Å². The van der Waals surface area contributed by atoms with Crippen LogP contribution in [0.1, 0.15) is 11.4 Å². The average molecular weight is 216 g/mol. The fraction of sp³-hybridized carbons (Fsp3) is 0.222. The number of halogens is 3. The van der Waals surface area contributed by atoms with Crippen LogP contribution in [0, 0.1) is 0 Å². The maximum absolute atomic E-state index is 12.6. The summed E-state index contributed by atoms with van der Waals surface area (Å²) in [5, 5.41) is 8.89. The van der Waals surface area contributed by atoms with Crippen LogP contribution < -0.4 is 0 Å². The number of fused-ring (bicyclic) bond motifs is 1. The van der Waals surface area contributed by atoms with Gasteiger partial charge in [0.15, 0.2) is 0 Å². The van der Waals surface area contributed by atoms with Crippen molar-refractivity contribution in [3.63, 3.8) is 0 Å². The van der Waals surface area contributed by atoms with Gasteiger partial charge in [0.05, 0.1) is 18.5 Å². The predicted molar refractivity (Wildman–Crippen MR) is 46.1 cm³/mol. The maximum Gasteiger partial charge on any atom is 0.431 e.